The summed E-state index contributed by atoms with van der Waals surface area (Å²) in [5, 5.41) is 0. The number of rotatable bonds is 36. The fraction of sp³-hybridized carbons (Fsp3) is 0.833. The molecule has 0 bridgehead atoms. The van der Waals surface area contributed by atoms with Crippen LogP contribution in [0.4, 0.5) is 4.79 Å². The van der Waals surface area contributed by atoms with Crippen molar-refractivity contribution in [3.8, 4) is 0 Å². The highest BCUT2D eigenvalue weighted by Crippen LogP contribution is 2.26. The van der Waals surface area contributed by atoms with Crippen molar-refractivity contribution in [3.63, 3.8) is 0 Å². The molecule has 0 rings (SSSR count). The second-order valence-corrected chi connectivity index (χ2v) is 16.4. The number of carbonyl (C=O) groups is 3. The van der Waals surface area contributed by atoms with Crippen molar-refractivity contribution in [2.45, 2.75) is 204 Å². The van der Waals surface area contributed by atoms with E-state index in [0.717, 1.165) is 70.6 Å². The van der Waals surface area contributed by atoms with E-state index >= 15 is 0 Å². The average molecular weight is 796 g/mol. The van der Waals surface area contributed by atoms with Gasteiger partial charge in [-0.2, -0.15) is 0 Å². The van der Waals surface area contributed by atoms with Gasteiger partial charge in [-0.05, 0) is 64.2 Å². The van der Waals surface area contributed by atoms with E-state index < -0.39 is 28.6 Å². The van der Waals surface area contributed by atoms with Crippen LogP contribution in [0.2, 0.25) is 0 Å². The number of carbonyl (C=O) groups excluding carboxylic acids is 3. The van der Waals surface area contributed by atoms with E-state index in [1.807, 2.05) is 0 Å². The first-order chi connectivity index (χ1) is 25.2. The SMILES string of the molecule is CCCCCCCC/C=C\CCCCCCCC(=O)OCC(COC(=O)OCC(Cl)(Cl)Cl)OC(=O)CCCCCCC/C=C\CCCCCCCC. The minimum absolute atomic E-state index is 0.222. The highest BCUT2D eigenvalue weighted by Gasteiger charge is 2.24. The van der Waals surface area contributed by atoms with Gasteiger partial charge in [0.05, 0.1) is 0 Å². The third kappa shape index (κ3) is 39.8. The number of ether oxygens (including phenoxy) is 4. The molecule has 0 fully saturated rings. The van der Waals surface area contributed by atoms with Crippen molar-refractivity contribution in [3.05, 3.63) is 24.3 Å². The zero-order chi connectivity index (χ0) is 38.4. The maximum absolute atomic E-state index is 12.6. The molecule has 0 saturated carbocycles. The maximum atomic E-state index is 12.6. The van der Waals surface area contributed by atoms with E-state index in [2.05, 4.69) is 38.2 Å². The number of allylic oxidation sites excluding steroid dienone is 4. The molecule has 0 radical (unpaired) electrons. The van der Waals surface area contributed by atoms with Crippen LogP contribution < -0.4 is 0 Å². The minimum atomic E-state index is -1.78. The van der Waals surface area contributed by atoms with Crippen molar-refractivity contribution < 1.29 is 33.3 Å². The Morgan fingerprint density at radius 1 is 0.481 bits per heavy atom. The van der Waals surface area contributed by atoms with Gasteiger partial charge in [-0.3, -0.25) is 9.59 Å². The van der Waals surface area contributed by atoms with Gasteiger partial charge in [0, 0.05) is 12.8 Å². The Labute approximate surface area is 332 Å². The Kier molecular flexibility index (Phi) is 36.8. The van der Waals surface area contributed by atoms with E-state index in [1.54, 1.807) is 0 Å². The van der Waals surface area contributed by atoms with Gasteiger partial charge < -0.3 is 18.9 Å². The molecular weight excluding hydrogens is 723 g/mol. The van der Waals surface area contributed by atoms with E-state index in [-0.39, 0.29) is 32.0 Å². The fourth-order valence-corrected chi connectivity index (χ4v) is 5.81. The highest BCUT2D eigenvalue weighted by molar-refractivity contribution is 6.67. The second kappa shape index (κ2) is 37.9. The molecule has 0 aliphatic heterocycles. The van der Waals surface area contributed by atoms with Crippen molar-refractivity contribution in [2.75, 3.05) is 19.8 Å². The summed E-state index contributed by atoms with van der Waals surface area (Å²) in [4.78, 5) is 36.9. The van der Waals surface area contributed by atoms with Crippen molar-refractivity contribution in [1.82, 2.24) is 0 Å². The molecule has 0 saturated heterocycles. The topological polar surface area (TPSA) is 88.1 Å². The van der Waals surface area contributed by atoms with Gasteiger partial charge in [0.15, 0.2) is 6.10 Å². The Morgan fingerprint density at radius 3 is 1.27 bits per heavy atom. The van der Waals surface area contributed by atoms with Crippen molar-refractivity contribution in [1.29, 1.82) is 0 Å². The fourth-order valence-electron chi connectivity index (χ4n) is 5.64. The summed E-state index contributed by atoms with van der Waals surface area (Å²) in [5.41, 5.74) is 0. The molecule has 304 valence electrons. The molecule has 0 aromatic heterocycles. The number of hydrogen-bond donors (Lipinski definition) is 0. The molecule has 0 aromatic carbocycles. The molecule has 0 heterocycles. The van der Waals surface area contributed by atoms with Crippen LogP contribution in [0.5, 0.6) is 0 Å². The molecular formula is C42H73Cl3O7. The Bertz CT molecular complexity index is 904. The lowest BCUT2D eigenvalue weighted by molar-refractivity contribution is -0.162. The average Bonchev–Trinajstić information content (AvgIpc) is 3.11. The van der Waals surface area contributed by atoms with Crippen molar-refractivity contribution >= 4 is 52.9 Å². The molecule has 1 atom stereocenters. The molecule has 7 nitrogen and oxygen atoms in total. The summed E-state index contributed by atoms with van der Waals surface area (Å²) in [5.74, 6) is -0.816. The zero-order valence-corrected chi connectivity index (χ0v) is 35.1. The lowest BCUT2D eigenvalue weighted by Crippen LogP contribution is -2.31. The molecule has 0 aromatic rings. The van der Waals surface area contributed by atoms with Gasteiger partial charge in [-0.15, -0.1) is 0 Å². The smallest absolute Gasteiger partial charge is 0.462 e. The number of esters is 2. The van der Waals surface area contributed by atoms with Crippen molar-refractivity contribution in [2.24, 2.45) is 0 Å². The normalized spacial score (nSPS) is 12.4. The van der Waals surface area contributed by atoms with Crippen LogP contribution in [-0.4, -0.2) is 47.8 Å². The summed E-state index contributed by atoms with van der Waals surface area (Å²) >= 11 is 16.8. The first kappa shape index (κ1) is 50.6. The van der Waals surface area contributed by atoms with Crippen LogP contribution in [0, 0.1) is 0 Å². The maximum Gasteiger partial charge on any atom is 0.508 e. The van der Waals surface area contributed by atoms with Crippen LogP contribution in [0.15, 0.2) is 24.3 Å². The van der Waals surface area contributed by atoms with E-state index in [4.69, 9.17) is 53.8 Å². The molecule has 0 N–H and O–H groups in total. The zero-order valence-electron chi connectivity index (χ0n) is 32.8. The van der Waals surface area contributed by atoms with Gasteiger partial charge >= 0.3 is 18.1 Å². The third-order valence-electron chi connectivity index (χ3n) is 8.75. The minimum Gasteiger partial charge on any atom is -0.462 e. The summed E-state index contributed by atoms with van der Waals surface area (Å²) in [6.45, 7) is 3.42. The van der Waals surface area contributed by atoms with Gasteiger partial charge in [0.25, 0.3) is 0 Å². The lowest BCUT2D eigenvalue weighted by atomic mass is 10.1. The quantitative estimate of drug-likeness (QED) is 0.0205. The first-order valence-corrected chi connectivity index (χ1v) is 21.8. The Hall–Kier alpha value is -1.44. The van der Waals surface area contributed by atoms with Crippen LogP contribution in [0.25, 0.3) is 0 Å². The third-order valence-corrected chi connectivity index (χ3v) is 9.08. The largest absolute Gasteiger partial charge is 0.508 e. The van der Waals surface area contributed by atoms with Gasteiger partial charge in [0.2, 0.25) is 3.79 Å². The van der Waals surface area contributed by atoms with E-state index in [1.165, 1.54) is 89.9 Å². The molecule has 10 heteroatoms. The molecule has 0 aliphatic rings. The van der Waals surface area contributed by atoms with Crippen LogP contribution in [0.1, 0.15) is 194 Å². The first-order valence-electron chi connectivity index (χ1n) is 20.7. The van der Waals surface area contributed by atoms with E-state index in [9.17, 15) is 14.4 Å². The number of hydrogen-bond acceptors (Lipinski definition) is 7. The van der Waals surface area contributed by atoms with Crippen LogP contribution >= 0.6 is 34.8 Å². The van der Waals surface area contributed by atoms with Gasteiger partial charge in [-0.25, -0.2) is 4.79 Å². The Balaban J connectivity index is 4.23. The summed E-state index contributed by atoms with van der Waals surface area (Å²) in [6, 6.07) is 0. The molecule has 0 spiro atoms. The predicted octanol–water partition coefficient (Wildman–Crippen LogP) is 14.0. The van der Waals surface area contributed by atoms with Gasteiger partial charge in [-0.1, -0.05) is 176 Å². The number of alkyl halides is 3. The monoisotopic (exact) mass is 794 g/mol. The van der Waals surface area contributed by atoms with Crippen LogP contribution in [-0.2, 0) is 28.5 Å². The number of unbranched alkanes of at least 4 members (excludes halogenated alkanes) is 22. The second-order valence-electron chi connectivity index (χ2n) is 13.9. The standard InChI is InChI=1S/C42H73Cl3O7/c1-3-5-7-9-11-13-15-17-19-21-23-25-27-29-31-33-39(46)49-35-38(36-50-41(48)51-37-42(43,44)45)52-40(47)34-32-30-28-26-24-22-20-18-16-14-12-10-8-6-4-2/h17-20,38H,3-16,21-37H2,1-2H3/b19-17-,20-18-. The number of halogens is 3. The van der Waals surface area contributed by atoms with Crippen LogP contribution in [0.3, 0.4) is 0 Å². The van der Waals surface area contributed by atoms with E-state index in [0.29, 0.717) is 6.42 Å². The molecule has 0 aliphatic carbocycles. The predicted molar refractivity (Wildman–Crippen MR) is 217 cm³/mol. The van der Waals surface area contributed by atoms with Gasteiger partial charge in [0.1, 0.15) is 19.8 Å². The summed E-state index contributed by atoms with van der Waals surface area (Å²) < 4.78 is 18.9. The lowest BCUT2D eigenvalue weighted by Gasteiger charge is -2.18. The molecule has 1 unspecified atom stereocenters. The molecule has 0 amide bonds. The highest BCUT2D eigenvalue weighted by atomic mass is 35.6. The molecule has 52 heavy (non-hydrogen) atoms. The summed E-state index contributed by atoms with van der Waals surface area (Å²) in [7, 11) is 0. The Morgan fingerprint density at radius 2 is 0.846 bits per heavy atom. The summed E-state index contributed by atoms with van der Waals surface area (Å²) in [6.07, 6.45) is 38.2.